The van der Waals surface area contributed by atoms with E-state index in [1.54, 1.807) is 0 Å². The highest BCUT2D eigenvalue weighted by molar-refractivity contribution is 5.78. The summed E-state index contributed by atoms with van der Waals surface area (Å²) in [6.45, 7) is 0.441. The number of rotatable bonds is 10. The summed E-state index contributed by atoms with van der Waals surface area (Å²) in [4.78, 5) is 4.72. The summed E-state index contributed by atoms with van der Waals surface area (Å²) in [5.41, 5.74) is 4.52. The lowest BCUT2D eigenvalue weighted by Crippen LogP contribution is -2.05. The number of para-hydroxylation sites is 1. The fourth-order valence-electron chi connectivity index (χ4n) is 4.29. The quantitative estimate of drug-likeness (QED) is 0.297. The number of pyridine rings is 1. The van der Waals surface area contributed by atoms with Gasteiger partial charge in [0.2, 0.25) is 0 Å². The zero-order chi connectivity index (χ0) is 23.0. The number of hydrogen-bond acceptors (Lipinski definition) is 5. The summed E-state index contributed by atoms with van der Waals surface area (Å²) >= 11 is 0. The topological polar surface area (TPSA) is 76.6 Å². The van der Waals surface area contributed by atoms with Crippen LogP contribution < -0.4 is 4.74 Å². The molecule has 6 nitrogen and oxygen atoms in total. The van der Waals surface area contributed by atoms with E-state index in [0.29, 0.717) is 12.5 Å². The molecule has 0 saturated carbocycles. The largest absolute Gasteiger partial charge is 0.487 e. The van der Waals surface area contributed by atoms with Crippen molar-refractivity contribution >= 4 is 10.9 Å². The molecule has 3 aromatic carbocycles. The van der Waals surface area contributed by atoms with E-state index >= 15 is 0 Å². The molecule has 0 aliphatic carbocycles. The normalized spacial score (nSPS) is 12.0. The molecule has 1 N–H and O–H groups in total. The fraction of sp³-hybridized carbons (Fsp3) is 0.214. The van der Waals surface area contributed by atoms with E-state index in [0.717, 1.165) is 53.9 Å². The van der Waals surface area contributed by atoms with Crippen molar-refractivity contribution in [2.75, 3.05) is 0 Å². The van der Waals surface area contributed by atoms with Crippen LogP contribution in [0, 0.1) is 0 Å². The predicted octanol–water partition coefficient (Wildman–Crippen LogP) is 5.68. The Morgan fingerprint density at radius 1 is 0.853 bits per heavy atom. The smallest absolute Gasteiger partial charge is 0.148 e. The van der Waals surface area contributed by atoms with Crippen LogP contribution in [0.1, 0.15) is 41.4 Å². The predicted molar refractivity (Wildman–Crippen MR) is 133 cm³/mol. The monoisotopic (exact) mass is 449 g/mol. The van der Waals surface area contributed by atoms with Gasteiger partial charge in [-0.15, -0.1) is 5.10 Å². The minimum absolute atomic E-state index is 0.376. The molecule has 0 spiro atoms. The molecule has 2 aromatic heterocycles. The maximum atomic E-state index is 6.15. The summed E-state index contributed by atoms with van der Waals surface area (Å²) < 4.78 is 6.15. The summed E-state index contributed by atoms with van der Waals surface area (Å²) in [6, 6.07) is 31.4. The molecule has 0 fully saturated rings. The number of aryl methyl sites for hydroxylation is 1. The van der Waals surface area contributed by atoms with Crippen LogP contribution >= 0.6 is 0 Å². The van der Waals surface area contributed by atoms with Crippen LogP contribution in [0.25, 0.3) is 10.9 Å². The maximum Gasteiger partial charge on any atom is 0.148 e. The van der Waals surface area contributed by atoms with Crippen molar-refractivity contribution < 1.29 is 4.74 Å². The van der Waals surface area contributed by atoms with Crippen LogP contribution in [0.5, 0.6) is 5.75 Å². The zero-order valence-electron chi connectivity index (χ0n) is 19.0. The molecule has 34 heavy (non-hydrogen) atoms. The highest BCUT2D eigenvalue weighted by atomic mass is 16.5. The highest BCUT2D eigenvalue weighted by Crippen LogP contribution is 2.29. The summed E-state index contributed by atoms with van der Waals surface area (Å²) in [6.07, 6.45) is 3.85. The summed E-state index contributed by atoms with van der Waals surface area (Å²) in [5, 5.41) is 15.4. The molecular weight excluding hydrogens is 422 g/mol. The Hall–Kier alpha value is -4.06. The van der Waals surface area contributed by atoms with Gasteiger partial charge in [-0.25, -0.2) is 10.1 Å². The molecule has 6 heteroatoms. The molecule has 0 amide bonds. The molecule has 1 atom stereocenters. The van der Waals surface area contributed by atoms with E-state index in [2.05, 4.69) is 81.3 Å². The second-order valence-electron chi connectivity index (χ2n) is 8.48. The lowest BCUT2D eigenvalue weighted by molar-refractivity contribution is 0.301. The standard InChI is InChI=1S/C28H27N5O/c1-2-8-21(9-3-1)18-23(12-7-15-28-30-32-33-31-28)24-11-6-13-26(19-24)34-20-25-17-16-22-10-4-5-14-27(22)29-25/h1-6,8-11,13-14,16-17,19,23H,7,12,15,18,20H2,(H,30,31,32,33). The third-order valence-corrected chi connectivity index (χ3v) is 6.05. The van der Waals surface area contributed by atoms with Gasteiger partial charge < -0.3 is 4.74 Å². The number of hydrogen-bond donors (Lipinski definition) is 1. The summed E-state index contributed by atoms with van der Waals surface area (Å²) in [7, 11) is 0. The van der Waals surface area contributed by atoms with E-state index in [1.807, 2.05) is 30.3 Å². The van der Waals surface area contributed by atoms with Crippen molar-refractivity contribution in [1.82, 2.24) is 25.6 Å². The van der Waals surface area contributed by atoms with Gasteiger partial charge in [0.1, 0.15) is 18.2 Å². The minimum Gasteiger partial charge on any atom is -0.487 e. The molecule has 0 saturated heterocycles. The third kappa shape index (κ3) is 5.64. The van der Waals surface area contributed by atoms with Crippen molar-refractivity contribution in [3.8, 4) is 5.75 Å². The van der Waals surface area contributed by atoms with Crippen molar-refractivity contribution in [2.24, 2.45) is 0 Å². The van der Waals surface area contributed by atoms with Crippen molar-refractivity contribution in [3.63, 3.8) is 0 Å². The molecule has 5 rings (SSSR count). The van der Waals surface area contributed by atoms with Gasteiger partial charge in [-0.1, -0.05) is 66.7 Å². The molecule has 170 valence electrons. The molecule has 0 radical (unpaired) electrons. The average Bonchev–Trinajstić information content (AvgIpc) is 3.41. The van der Waals surface area contributed by atoms with E-state index < -0.39 is 0 Å². The molecule has 1 unspecified atom stereocenters. The molecule has 0 aliphatic rings. The van der Waals surface area contributed by atoms with Gasteiger partial charge in [0.05, 0.1) is 11.2 Å². The van der Waals surface area contributed by atoms with Gasteiger partial charge in [-0.2, -0.15) is 0 Å². The SMILES string of the molecule is c1ccc(CC(CCCc2nnn[nH]2)c2cccc(OCc3ccc4ccccc4n3)c2)cc1. The van der Waals surface area contributed by atoms with Crippen LogP contribution in [0.2, 0.25) is 0 Å². The van der Waals surface area contributed by atoms with Crippen LogP contribution in [0.3, 0.4) is 0 Å². The first kappa shape index (κ1) is 21.8. The second kappa shape index (κ2) is 10.7. The number of nitrogens with zero attached hydrogens (tertiary/aromatic N) is 4. The molecule has 5 aromatic rings. The Balaban J connectivity index is 1.29. The lowest BCUT2D eigenvalue weighted by atomic mass is 9.87. The first-order chi connectivity index (χ1) is 16.8. The van der Waals surface area contributed by atoms with E-state index in [9.17, 15) is 0 Å². The molecule has 2 heterocycles. The third-order valence-electron chi connectivity index (χ3n) is 6.05. The summed E-state index contributed by atoms with van der Waals surface area (Å²) in [5.74, 6) is 2.07. The number of aromatic amines is 1. The Kier molecular flexibility index (Phi) is 6.85. The minimum atomic E-state index is 0.376. The van der Waals surface area contributed by atoms with Crippen molar-refractivity contribution in [2.45, 2.75) is 38.2 Å². The van der Waals surface area contributed by atoms with Gasteiger partial charge in [0.25, 0.3) is 0 Å². The number of fused-ring (bicyclic) bond motifs is 1. The highest BCUT2D eigenvalue weighted by Gasteiger charge is 2.14. The Bertz CT molecular complexity index is 1320. The van der Waals surface area contributed by atoms with Crippen molar-refractivity contribution in [1.29, 1.82) is 0 Å². The van der Waals surface area contributed by atoms with E-state index in [1.165, 1.54) is 11.1 Å². The van der Waals surface area contributed by atoms with Crippen LogP contribution in [0.4, 0.5) is 0 Å². The molecule has 0 aliphatic heterocycles. The van der Waals surface area contributed by atoms with Crippen LogP contribution in [-0.2, 0) is 19.4 Å². The van der Waals surface area contributed by atoms with Crippen molar-refractivity contribution in [3.05, 3.63) is 114 Å². The Labute approximate surface area is 199 Å². The number of benzene rings is 3. The number of nitrogens with one attached hydrogen (secondary N) is 1. The lowest BCUT2D eigenvalue weighted by Gasteiger charge is -2.19. The molecule has 0 bridgehead atoms. The van der Waals surface area contributed by atoms with Gasteiger partial charge in [0, 0.05) is 11.8 Å². The number of ether oxygens (including phenoxy) is 1. The van der Waals surface area contributed by atoms with Gasteiger partial charge in [-0.05, 0) is 71.0 Å². The first-order valence-electron chi connectivity index (χ1n) is 11.7. The first-order valence-corrected chi connectivity index (χ1v) is 11.7. The van der Waals surface area contributed by atoms with Crippen LogP contribution in [-0.4, -0.2) is 25.6 Å². The average molecular weight is 450 g/mol. The van der Waals surface area contributed by atoms with Crippen LogP contribution in [0.15, 0.2) is 91.0 Å². The number of H-pyrrole nitrogens is 1. The Morgan fingerprint density at radius 3 is 2.62 bits per heavy atom. The number of tetrazole rings is 1. The Morgan fingerprint density at radius 2 is 1.74 bits per heavy atom. The second-order valence-corrected chi connectivity index (χ2v) is 8.48. The molecular formula is C28H27N5O. The van der Waals surface area contributed by atoms with E-state index in [4.69, 9.17) is 9.72 Å². The number of aromatic nitrogens is 5. The van der Waals surface area contributed by atoms with Gasteiger partial charge >= 0.3 is 0 Å². The van der Waals surface area contributed by atoms with Gasteiger partial charge in [-0.3, -0.25) is 0 Å². The van der Waals surface area contributed by atoms with Gasteiger partial charge in [0.15, 0.2) is 0 Å². The zero-order valence-corrected chi connectivity index (χ0v) is 19.0. The fourth-order valence-corrected chi connectivity index (χ4v) is 4.29. The van der Waals surface area contributed by atoms with E-state index in [-0.39, 0.29) is 0 Å². The maximum absolute atomic E-state index is 6.15.